The third-order valence-electron chi connectivity index (χ3n) is 3.22. The van der Waals surface area contributed by atoms with Crippen molar-refractivity contribution in [3.63, 3.8) is 0 Å². The zero-order chi connectivity index (χ0) is 15.3. The van der Waals surface area contributed by atoms with Crippen molar-refractivity contribution < 1.29 is 9.72 Å². The summed E-state index contributed by atoms with van der Waals surface area (Å²) in [5.41, 5.74) is 5.72. The number of hydrogen-bond acceptors (Lipinski definition) is 4. The number of carbonyl (C=O) groups excluding carboxylic acids is 1. The van der Waals surface area contributed by atoms with Gasteiger partial charge < -0.3 is 11.1 Å². The van der Waals surface area contributed by atoms with E-state index in [1.807, 2.05) is 6.92 Å². The van der Waals surface area contributed by atoms with E-state index >= 15 is 0 Å². The van der Waals surface area contributed by atoms with Crippen molar-refractivity contribution in [3.8, 4) is 0 Å². The molecule has 2 atom stereocenters. The molecule has 0 aromatic heterocycles. The van der Waals surface area contributed by atoms with Crippen LogP contribution in [0, 0.1) is 10.1 Å². The van der Waals surface area contributed by atoms with Gasteiger partial charge in [0.15, 0.2) is 0 Å². The third-order valence-corrected chi connectivity index (χ3v) is 3.22. The van der Waals surface area contributed by atoms with Crippen LogP contribution >= 0.6 is 0 Å². The van der Waals surface area contributed by atoms with E-state index in [0.717, 1.165) is 6.42 Å². The molecular formula is C14H21N3O3. The van der Waals surface area contributed by atoms with E-state index in [9.17, 15) is 14.9 Å². The zero-order valence-corrected chi connectivity index (χ0v) is 12.1. The molecule has 2 unspecified atom stereocenters. The van der Waals surface area contributed by atoms with Crippen molar-refractivity contribution >= 4 is 11.6 Å². The Bertz CT molecular complexity index is 500. The van der Waals surface area contributed by atoms with Crippen LogP contribution in [0.3, 0.4) is 0 Å². The van der Waals surface area contributed by atoms with Gasteiger partial charge in [-0.3, -0.25) is 14.9 Å². The summed E-state index contributed by atoms with van der Waals surface area (Å²) in [7, 11) is 0. The van der Waals surface area contributed by atoms with Crippen molar-refractivity contribution in [3.05, 3.63) is 39.9 Å². The molecule has 1 aromatic carbocycles. The SMILES string of the molecule is CCCC(C)(N)C(=O)NC(C)c1cccc([N+](=O)[O-])c1. The standard InChI is InChI=1S/C14H21N3O3/c1-4-8-14(3,15)13(18)16-10(2)11-6-5-7-12(9-11)17(19)20/h5-7,9-10H,4,8,15H2,1-3H3,(H,16,18). The molecule has 110 valence electrons. The van der Waals surface area contributed by atoms with Gasteiger partial charge in [-0.05, 0) is 25.8 Å². The fourth-order valence-electron chi connectivity index (χ4n) is 1.99. The minimum Gasteiger partial charge on any atom is -0.348 e. The summed E-state index contributed by atoms with van der Waals surface area (Å²) in [4.78, 5) is 22.4. The molecule has 0 aliphatic rings. The molecule has 3 N–H and O–H groups in total. The molecule has 20 heavy (non-hydrogen) atoms. The molecular weight excluding hydrogens is 258 g/mol. The lowest BCUT2D eigenvalue weighted by molar-refractivity contribution is -0.384. The molecule has 0 bridgehead atoms. The van der Waals surface area contributed by atoms with Gasteiger partial charge in [0.1, 0.15) is 0 Å². The van der Waals surface area contributed by atoms with E-state index in [4.69, 9.17) is 5.73 Å². The average Bonchev–Trinajstić information content (AvgIpc) is 2.38. The maximum atomic E-state index is 12.1. The van der Waals surface area contributed by atoms with Crippen molar-refractivity contribution in [2.24, 2.45) is 5.73 Å². The lowest BCUT2D eigenvalue weighted by atomic mass is 9.95. The molecule has 0 aliphatic carbocycles. The van der Waals surface area contributed by atoms with Crippen LogP contribution in [0.15, 0.2) is 24.3 Å². The van der Waals surface area contributed by atoms with Gasteiger partial charge in [-0.15, -0.1) is 0 Å². The van der Waals surface area contributed by atoms with Gasteiger partial charge in [0.05, 0.1) is 16.5 Å². The first-order valence-corrected chi connectivity index (χ1v) is 6.62. The Kier molecular flexibility index (Phi) is 5.21. The minimum atomic E-state index is -0.927. The Morgan fingerprint density at radius 3 is 2.75 bits per heavy atom. The highest BCUT2D eigenvalue weighted by atomic mass is 16.6. The average molecular weight is 279 g/mol. The monoisotopic (exact) mass is 279 g/mol. The maximum Gasteiger partial charge on any atom is 0.269 e. The summed E-state index contributed by atoms with van der Waals surface area (Å²) in [5, 5.41) is 13.5. The number of nitro benzene ring substituents is 1. The zero-order valence-electron chi connectivity index (χ0n) is 12.1. The number of carbonyl (C=O) groups is 1. The molecule has 6 heteroatoms. The Morgan fingerprint density at radius 2 is 2.20 bits per heavy atom. The van der Waals surface area contributed by atoms with E-state index in [2.05, 4.69) is 5.32 Å². The number of non-ortho nitro benzene ring substituents is 1. The first-order valence-electron chi connectivity index (χ1n) is 6.62. The second-order valence-corrected chi connectivity index (χ2v) is 5.21. The first-order chi connectivity index (χ1) is 9.27. The van der Waals surface area contributed by atoms with Crippen LogP contribution in [0.4, 0.5) is 5.69 Å². The van der Waals surface area contributed by atoms with E-state index in [0.29, 0.717) is 12.0 Å². The third kappa shape index (κ3) is 4.03. The highest BCUT2D eigenvalue weighted by molar-refractivity contribution is 5.85. The van der Waals surface area contributed by atoms with Gasteiger partial charge in [-0.25, -0.2) is 0 Å². The molecule has 0 radical (unpaired) electrons. The quantitative estimate of drug-likeness (QED) is 0.616. The van der Waals surface area contributed by atoms with Gasteiger partial charge in [0.25, 0.3) is 5.69 Å². The second-order valence-electron chi connectivity index (χ2n) is 5.21. The highest BCUT2D eigenvalue weighted by Gasteiger charge is 2.28. The molecule has 0 fully saturated rings. The van der Waals surface area contributed by atoms with Gasteiger partial charge in [0, 0.05) is 12.1 Å². The van der Waals surface area contributed by atoms with Gasteiger partial charge in [-0.1, -0.05) is 25.5 Å². The largest absolute Gasteiger partial charge is 0.348 e. The summed E-state index contributed by atoms with van der Waals surface area (Å²) >= 11 is 0. The summed E-state index contributed by atoms with van der Waals surface area (Å²) in [6, 6.07) is 5.89. The summed E-state index contributed by atoms with van der Waals surface area (Å²) in [5.74, 6) is -0.252. The lowest BCUT2D eigenvalue weighted by Crippen LogP contribution is -2.52. The Hall–Kier alpha value is -1.95. The summed E-state index contributed by atoms with van der Waals surface area (Å²) in [6.07, 6.45) is 1.39. The fraction of sp³-hybridized carbons (Fsp3) is 0.500. The number of nitrogens with one attached hydrogen (secondary N) is 1. The minimum absolute atomic E-state index is 0.00710. The summed E-state index contributed by atoms with van der Waals surface area (Å²) in [6.45, 7) is 5.42. The maximum absolute atomic E-state index is 12.1. The van der Waals surface area contributed by atoms with Crippen LogP contribution in [0.25, 0.3) is 0 Å². The molecule has 1 amide bonds. The van der Waals surface area contributed by atoms with Crippen LogP contribution in [0.5, 0.6) is 0 Å². The van der Waals surface area contributed by atoms with Gasteiger partial charge in [0.2, 0.25) is 5.91 Å². The van der Waals surface area contributed by atoms with Crippen molar-refractivity contribution in [2.45, 2.75) is 45.2 Å². The van der Waals surface area contributed by atoms with E-state index in [1.165, 1.54) is 12.1 Å². The molecule has 0 aliphatic heterocycles. The number of hydrogen-bond donors (Lipinski definition) is 2. The molecule has 1 aromatic rings. The first kappa shape index (κ1) is 16.1. The Labute approximate surface area is 118 Å². The molecule has 6 nitrogen and oxygen atoms in total. The van der Waals surface area contributed by atoms with Crippen LogP contribution in [-0.4, -0.2) is 16.4 Å². The van der Waals surface area contributed by atoms with E-state index in [1.54, 1.807) is 26.0 Å². The van der Waals surface area contributed by atoms with Crippen molar-refractivity contribution in [2.75, 3.05) is 0 Å². The predicted octanol–water partition coefficient (Wildman–Crippen LogP) is 2.29. The number of nitrogens with two attached hydrogens (primary N) is 1. The van der Waals surface area contributed by atoms with Crippen LogP contribution in [0.1, 0.15) is 45.2 Å². The van der Waals surface area contributed by atoms with Gasteiger partial charge in [-0.2, -0.15) is 0 Å². The number of nitro groups is 1. The van der Waals surface area contributed by atoms with E-state index < -0.39 is 10.5 Å². The highest BCUT2D eigenvalue weighted by Crippen LogP contribution is 2.20. The molecule has 0 spiro atoms. The number of rotatable bonds is 6. The van der Waals surface area contributed by atoms with Crippen molar-refractivity contribution in [1.82, 2.24) is 5.32 Å². The molecule has 0 saturated carbocycles. The van der Waals surface area contributed by atoms with Gasteiger partial charge >= 0.3 is 0 Å². The van der Waals surface area contributed by atoms with Crippen LogP contribution in [-0.2, 0) is 4.79 Å². The molecule has 0 saturated heterocycles. The Balaban J connectivity index is 2.81. The number of nitrogens with zero attached hydrogens (tertiary/aromatic N) is 1. The predicted molar refractivity (Wildman–Crippen MR) is 77.2 cm³/mol. The molecule has 0 heterocycles. The Morgan fingerprint density at radius 1 is 1.55 bits per heavy atom. The van der Waals surface area contributed by atoms with E-state index in [-0.39, 0.29) is 17.6 Å². The lowest BCUT2D eigenvalue weighted by Gasteiger charge is -2.25. The summed E-state index contributed by atoms with van der Waals surface area (Å²) < 4.78 is 0. The van der Waals surface area contributed by atoms with Crippen LogP contribution < -0.4 is 11.1 Å². The molecule has 1 rings (SSSR count). The van der Waals surface area contributed by atoms with Crippen molar-refractivity contribution in [1.29, 1.82) is 0 Å². The second kappa shape index (κ2) is 6.47. The van der Waals surface area contributed by atoms with Crippen LogP contribution in [0.2, 0.25) is 0 Å². The number of amides is 1. The number of benzene rings is 1. The normalized spacial score (nSPS) is 15.2. The fourth-order valence-corrected chi connectivity index (χ4v) is 1.99. The topological polar surface area (TPSA) is 98.3 Å². The smallest absolute Gasteiger partial charge is 0.269 e.